The Morgan fingerprint density at radius 1 is 0.857 bits per heavy atom. The Morgan fingerprint density at radius 2 is 1.32 bits per heavy atom. The molecular formula is C20H18F3N3OS. The van der Waals surface area contributed by atoms with Gasteiger partial charge in [-0.05, 0) is 30.3 Å². The maximum absolute atomic E-state index is 12.8. The summed E-state index contributed by atoms with van der Waals surface area (Å²) in [6.45, 7) is 0. The second kappa shape index (κ2) is 7.71. The Balaban J connectivity index is 2.06. The lowest BCUT2D eigenvalue weighted by atomic mass is 10.1. The summed E-state index contributed by atoms with van der Waals surface area (Å²) in [5.41, 5.74) is 2.55. The highest BCUT2D eigenvalue weighted by atomic mass is 32.2. The zero-order valence-corrected chi connectivity index (χ0v) is 16.3. The first-order valence-electron chi connectivity index (χ1n) is 8.33. The van der Waals surface area contributed by atoms with E-state index in [9.17, 15) is 17.4 Å². The van der Waals surface area contributed by atoms with Gasteiger partial charge in [0.15, 0.2) is 0 Å². The van der Waals surface area contributed by atoms with Crippen LogP contribution in [0, 0.1) is 0 Å². The fraction of sp³-hybridized carbons (Fsp3) is 0.200. The smallest absolute Gasteiger partial charge is 0.378 e. The van der Waals surface area contributed by atoms with Crippen molar-refractivity contribution in [3.63, 3.8) is 0 Å². The molecule has 0 bridgehead atoms. The van der Waals surface area contributed by atoms with Crippen LogP contribution in [0.1, 0.15) is 5.56 Å². The van der Waals surface area contributed by atoms with E-state index >= 15 is 0 Å². The van der Waals surface area contributed by atoms with Crippen molar-refractivity contribution in [1.82, 2.24) is 9.97 Å². The Hall–Kier alpha value is -2.74. The van der Waals surface area contributed by atoms with Crippen LogP contribution in [0.15, 0.2) is 59.8 Å². The molecule has 0 spiro atoms. The van der Waals surface area contributed by atoms with Gasteiger partial charge < -0.3 is 4.90 Å². The van der Waals surface area contributed by atoms with Crippen LogP contribution in [0.25, 0.3) is 22.5 Å². The van der Waals surface area contributed by atoms with Gasteiger partial charge in [-0.3, -0.25) is 4.21 Å². The van der Waals surface area contributed by atoms with Crippen molar-refractivity contribution in [1.29, 1.82) is 0 Å². The van der Waals surface area contributed by atoms with Crippen LogP contribution < -0.4 is 4.90 Å². The Morgan fingerprint density at radius 3 is 1.71 bits per heavy atom. The maximum atomic E-state index is 12.8. The average molecular weight is 405 g/mol. The molecule has 0 amide bonds. The average Bonchev–Trinajstić information content (AvgIpc) is 2.67. The van der Waals surface area contributed by atoms with E-state index in [-0.39, 0.29) is 5.16 Å². The van der Waals surface area contributed by atoms with Gasteiger partial charge in [-0.15, -0.1) is 0 Å². The summed E-state index contributed by atoms with van der Waals surface area (Å²) in [6, 6.07) is 14.0. The molecule has 1 atom stereocenters. The van der Waals surface area contributed by atoms with Crippen LogP contribution in [-0.2, 0) is 17.0 Å². The van der Waals surface area contributed by atoms with Crippen molar-refractivity contribution in [2.24, 2.45) is 0 Å². The number of anilines is 1. The third-order valence-corrected chi connectivity index (χ3v) is 4.85. The maximum Gasteiger partial charge on any atom is 0.416 e. The summed E-state index contributed by atoms with van der Waals surface area (Å²) in [4.78, 5) is 10.6. The Bertz CT molecular complexity index is 1000. The van der Waals surface area contributed by atoms with E-state index in [1.165, 1.54) is 18.4 Å². The topological polar surface area (TPSA) is 46.1 Å². The van der Waals surface area contributed by atoms with Gasteiger partial charge in [0.1, 0.15) is 0 Å². The number of alkyl halides is 3. The molecule has 1 heterocycles. The molecule has 2 aromatic carbocycles. The number of benzene rings is 2. The molecule has 0 aliphatic rings. The minimum absolute atomic E-state index is 0.129. The number of aromatic nitrogens is 2. The SMILES string of the molecule is CN(C)c1ccc(-c2cc(-c3ccc(C(F)(F)F)cc3)nc(S(C)=O)n2)cc1. The van der Waals surface area contributed by atoms with Crippen LogP contribution in [0.3, 0.4) is 0 Å². The summed E-state index contributed by atoms with van der Waals surface area (Å²) in [5.74, 6) is 0. The van der Waals surface area contributed by atoms with Crippen molar-refractivity contribution in [2.75, 3.05) is 25.3 Å². The molecule has 1 unspecified atom stereocenters. The van der Waals surface area contributed by atoms with Gasteiger partial charge in [-0.25, -0.2) is 9.97 Å². The van der Waals surface area contributed by atoms with Crippen molar-refractivity contribution in [2.45, 2.75) is 11.3 Å². The normalized spacial score (nSPS) is 12.6. The number of halogens is 3. The molecule has 0 saturated carbocycles. The van der Waals surface area contributed by atoms with Crippen LogP contribution in [0.4, 0.5) is 18.9 Å². The van der Waals surface area contributed by atoms with E-state index in [1.807, 2.05) is 43.3 Å². The molecule has 0 radical (unpaired) electrons. The van der Waals surface area contributed by atoms with E-state index in [4.69, 9.17) is 0 Å². The third-order valence-electron chi connectivity index (χ3n) is 4.15. The zero-order chi connectivity index (χ0) is 20.5. The molecule has 0 aliphatic carbocycles. The Kier molecular flexibility index (Phi) is 5.51. The molecule has 8 heteroatoms. The molecule has 28 heavy (non-hydrogen) atoms. The molecule has 1 aromatic heterocycles. The molecular weight excluding hydrogens is 387 g/mol. The van der Waals surface area contributed by atoms with Crippen molar-refractivity contribution in [3.05, 3.63) is 60.2 Å². The molecule has 3 rings (SSSR count). The molecule has 0 N–H and O–H groups in total. The first-order chi connectivity index (χ1) is 13.1. The first kappa shape index (κ1) is 20.0. The summed E-state index contributed by atoms with van der Waals surface area (Å²) in [6.07, 6.45) is -2.94. The highest BCUT2D eigenvalue weighted by Gasteiger charge is 2.30. The lowest BCUT2D eigenvalue weighted by molar-refractivity contribution is -0.137. The van der Waals surface area contributed by atoms with Crippen molar-refractivity contribution >= 4 is 16.5 Å². The number of hydrogen-bond donors (Lipinski definition) is 0. The predicted molar refractivity (Wildman–Crippen MR) is 105 cm³/mol. The standard InChI is InChI=1S/C20H18F3N3OS/c1-26(2)16-10-6-14(7-11-16)18-12-17(24-19(25-18)28(3)27)13-4-8-15(9-5-13)20(21,22)23/h4-12H,1-3H3. The molecule has 0 fully saturated rings. The monoisotopic (exact) mass is 405 g/mol. The minimum atomic E-state index is -4.40. The summed E-state index contributed by atoms with van der Waals surface area (Å²) < 4.78 is 50.4. The highest BCUT2D eigenvalue weighted by Crippen LogP contribution is 2.31. The number of rotatable bonds is 4. The van der Waals surface area contributed by atoms with Gasteiger partial charge in [-0.1, -0.05) is 24.3 Å². The number of hydrogen-bond acceptors (Lipinski definition) is 4. The summed E-state index contributed by atoms with van der Waals surface area (Å²) in [5, 5.41) is 0.129. The lowest BCUT2D eigenvalue weighted by Crippen LogP contribution is -2.08. The van der Waals surface area contributed by atoms with Gasteiger partial charge in [0.2, 0.25) is 5.16 Å². The lowest BCUT2D eigenvalue weighted by Gasteiger charge is -2.13. The number of nitrogens with zero attached hydrogens (tertiary/aromatic N) is 3. The molecule has 4 nitrogen and oxygen atoms in total. The molecule has 146 valence electrons. The fourth-order valence-electron chi connectivity index (χ4n) is 2.61. The van der Waals surface area contributed by atoms with Crippen LogP contribution in [0.2, 0.25) is 0 Å². The third kappa shape index (κ3) is 4.39. The summed E-state index contributed by atoms with van der Waals surface area (Å²) in [7, 11) is 2.42. The zero-order valence-electron chi connectivity index (χ0n) is 15.5. The van der Waals surface area contributed by atoms with Crippen LogP contribution in [-0.4, -0.2) is 34.5 Å². The molecule has 3 aromatic rings. The summed E-state index contributed by atoms with van der Waals surface area (Å²) >= 11 is 0. The van der Waals surface area contributed by atoms with Gasteiger partial charge in [0.25, 0.3) is 0 Å². The van der Waals surface area contributed by atoms with E-state index in [0.717, 1.165) is 23.4 Å². The van der Waals surface area contributed by atoms with E-state index < -0.39 is 22.5 Å². The molecule has 0 aliphatic heterocycles. The first-order valence-corrected chi connectivity index (χ1v) is 9.89. The van der Waals surface area contributed by atoms with Gasteiger partial charge in [0.05, 0.1) is 27.8 Å². The second-order valence-corrected chi connectivity index (χ2v) is 7.66. The van der Waals surface area contributed by atoms with Crippen molar-refractivity contribution < 1.29 is 17.4 Å². The molecule has 0 saturated heterocycles. The quantitative estimate of drug-likeness (QED) is 0.594. The van der Waals surface area contributed by atoms with E-state index in [2.05, 4.69) is 9.97 Å². The second-order valence-electron chi connectivity index (χ2n) is 6.39. The van der Waals surface area contributed by atoms with Crippen LogP contribution >= 0.6 is 0 Å². The minimum Gasteiger partial charge on any atom is -0.378 e. The van der Waals surface area contributed by atoms with Gasteiger partial charge in [-0.2, -0.15) is 13.2 Å². The van der Waals surface area contributed by atoms with Crippen molar-refractivity contribution in [3.8, 4) is 22.5 Å². The largest absolute Gasteiger partial charge is 0.416 e. The van der Waals surface area contributed by atoms with Gasteiger partial charge >= 0.3 is 6.18 Å². The van der Waals surface area contributed by atoms with Gasteiger partial charge in [0, 0.05) is 37.2 Å². The van der Waals surface area contributed by atoms with E-state index in [1.54, 1.807) is 6.07 Å². The van der Waals surface area contributed by atoms with E-state index in [0.29, 0.717) is 17.0 Å². The Labute approximate surface area is 163 Å². The predicted octanol–water partition coefficient (Wildman–Crippen LogP) is 4.63. The highest BCUT2D eigenvalue weighted by molar-refractivity contribution is 7.84. The fourth-order valence-corrected chi connectivity index (χ4v) is 3.06. The van der Waals surface area contributed by atoms with Crippen LogP contribution in [0.5, 0.6) is 0 Å².